The molecule has 0 aliphatic carbocycles. The first-order valence-corrected chi connectivity index (χ1v) is 8.24. The lowest BCUT2D eigenvalue weighted by atomic mass is 10.1. The molecule has 0 aliphatic rings. The molecule has 3 aromatic heterocycles. The van der Waals surface area contributed by atoms with E-state index >= 15 is 0 Å². The number of rotatable bonds is 4. The van der Waals surface area contributed by atoms with E-state index in [-0.39, 0.29) is 34.3 Å². The molecule has 1 aromatic carbocycles. The van der Waals surface area contributed by atoms with Crippen LogP contribution in [0.3, 0.4) is 0 Å². The molecule has 12 heteroatoms. The highest BCUT2D eigenvalue weighted by Crippen LogP contribution is 2.25. The minimum absolute atomic E-state index is 0.0126. The molecular formula is C17H12FN7O4. The standard InChI is InChI=1S/C17H12FN7O4/c1-8-14(29-9(2)20-8)16(26)21-10-3-4-13(18)12(5-10)15-22-17-19-6-11(25(27)28)7-24(17)23-15/h3-7H,1-2H3,(H,21,26). The van der Waals surface area contributed by atoms with Gasteiger partial charge in [-0.3, -0.25) is 14.9 Å². The zero-order valence-electron chi connectivity index (χ0n) is 15.1. The van der Waals surface area contributed by atoms with Crippen LogP contribution < -0.4 is 5.32 Å². The van der Waals surface area contributed by atoms with Gasteiger partial charge in [0.25, 0.3) is 11.7 Å². The molecule has 0 saturated carbocycles. The highest BCUT2D eigenvalue weighted by Gasteiger charge is 2.19. The summed E-state index contributed by atoms with van der Waals surface area (Å²) in [5.74, 6) is -0.759. The quantitative estimate of drug-likeness (QED) is 0.409. The summed E-state index contributed by atoms with van der Waals surface area (Å²) in [6.45, 7) is 3.25. The molecule has 0 aliphatic heterocycles. The number of benzene rings is 1. The van der Waals surface area contributed by atoms with Gasteiger partial charge in [-0.2, -0.15) is 9.50 Å². The smallest absolute Gasteiger partial charge is 0.305 e. The second-order valence-corrected chi connectivity index (χ2v) is 6.05. The van der Waals surface area contributed by atoms with Crippen LogP contribution in [0, 0.1) is 29.8 Å². The molecule has 0 atom stereocenters. The normalized spacial score (nSPS) is 11.0. The van der Waals surface area contributed by atoms with Crippen molar-refractivity contribution in [2.45, 2.75) is 13.8 Å². The summed E-state index contributed by atoms with van der Waals surface area (Å²) in [5, 5.41) is 17.5. The molecule has 4 rings (SSSR count). The van der Waals surface area contributed by atoms with Crippen molar-refractivity contribution in [2.24, 2.45) is 0 Å². The van der Waals surface area contributed by atoms with Crippen LogP contribution in [-0.4, -0.2) is 35.4 Å². The maximum atomic E-state index is 14.4. The molecule has 0 spiro atoms. The highest BCUT2D eigenvalue weighted by atomic mass is 19.1. The van der Waals surface area contributed by atoms with Gasteiger partial charge >= 0.3 is 5.69 Å². The molecular weight excluding hydrogens is 385 g/mol. The molecule has 3 heterocycles. The van der Waals surface area contributed by atoms with Crippen LogP contribution in [0.2, 0.25) is 0 Å². The van der Waals surface area contributed by atoms with Crippen LogP contribution in [0.1, 0.15) is 22.1 Å². The maximum absolute atomic E-state index is 14.4. The van der Waals surface area contributed by atoms with Crippen molar-refractivity contribution in [3.63, 3.8) is 0 Å². The average molecular weight is 397 g/mol. The predicted octanol–water partition coefficient (Wildman–Crippen LogP) is 2.70. The molecule has 0 saturated heterocycles. The lowest BCUT2D eigenvalue weighted by Crippen LogP contribution is -2.12. The number of nitro groups is 1. The summed E-state index contributed by atoms with van der Waals surface area (Å²) < 4.78 is 20.7. The Kier molecular flexibility index (Phi) is 4.22. The Morgan fingerprint density at radius 1 is 1.31 bits per heavy atom. The second kappa shape index (κ2) is 6.74. The molecule has 146 valence electrons. The number of anilines is 1. The molecule has 29 heavy (non-hydrogen) atoms. The molecule has 0 bridgehead atoms. The summed E-state index contributed by atoms with van der Waals surface area (Å²) in [5.41, 5.74) is 0.407. The van der Waals surface area contributed by atoms with Crippen LogP contribution in [-0.2, 0) is 0 Å². The van der Waals surface area contributed by atoms with Crippen molar-refractivity contribution < 1.29 is 18.5 Å². The fourth-order valence-electron chi connectivity index (χ4n) is 2.68. The Bertz CT molecular complexity index is 1280. The predicted molar refractivity (Wildman–Crippen MR) is 96.8 cm³/mol. The largest absolute Gasteiger partial charge is 0.436 e. The van der Waals surface area contributed by atoms with Gasteiger partial charge in [-0.25, -0.2) is 14.4 Å². The number of nitrogens with zero attached hydrogens (tertiary/aromatic N) is 6. The zero-order chi connectivity index (χ0) is 20.7. The third-order valence-corrected chi connectivity index (χ3v) is 3.97. The first-order valence-electron chi connectivity index (χ1n) is 8.24. The Labute approximate surface area is 161 Å². The number of hydrogen-bond acceptors (Lipinski definition) is 8. The third-order valence-electron chi connectivity index (χ3n) is 3.97. The fourth-order valence-corrected chi connectivity index (χ4v) is 2.68. The molecule has 0 fully saturated rings. The number of fused-ring (bicyclic) bond motifs is 1. The first-order chi connectivity index (χ1) is 13.8. The summed E-state index contributed by atoms with van der Waals surface area (Å²) in [7, 11) is 0. The Morgan fingerprint density at radius 3 is 2.79 bits per heavy atom. The van der Waals surface area contributed by atoms with E-state index in [9.17, 15) is 19.3 Å². The Hall–Kier alpha value is -4.22. The average Bonchev–Trinajstić information content (AvgIpc) is 3.24. The van der Waals surface area contributed by atoms with Gasteiger partial charge in [0, 0.05) is 12.6 Å². The van der Waals surface area contributed by atoms with Crippen LogP contribution in [0.4, 0.5) is 15.8 Å². The van der Waals surface area contributed by atoms with Crippen LogP contribution in [0.15, 0.2) is 35.0 Å². The van der Waals surface area contributed by atoms with Gasteiger partial charge in [0.15, 0.2) is 11.7 Å². The Balaban J connectivity index is 1.68. The lowest BCUT2D eigenvalue weighted by molar-refractivity contribution is -0.385. The number of carbonyl (C=O) groups is 1. The molecule has 1 amide bonds. The van der Waals surface area contributed by atoms with Crippen LogP contribution in [0.25, 0.3) is 17.2 Å². The minimum atomic E-state index is -0.639. The van der Waals surface area contributed by atoms with E-state index in [1.807, 2.05) is 0 Å². The maximum Gasteiger partial charge on any atom is 0.305 e. The number of carbonyl (C=O) groups excluding carboxylic acids is 1. The van der Waals surface area contributed by atoms with Gasteiger partial charge in [-0.1, -0.05) is 0 Å². The van der Waals surface area contributed by atoms with Gasteiger partial charge in [-0.05, 0) is 25.1 Å². The third kappa shape index (κ3) is 3.38. The molecule has 4 aromatic rings. The summed E-state index contributed by atoms with van der Waals surface area (Å²) in [6, 6.07) is 3.86. The Morgan fingerprint density at radius 2 is 2.10 bits per heavy atom. The topological polar surface area (TPSA) is 141 Å². The van der Waals surface area contributed by atoms with Gasteiger partial charge in [-0.15, -0.1) is 5.10 Å². The fraction of sp³-hybridized carbons (Fsp3) is 0.118. The van der Waals surface area contributed by atoms with Crippen LogP contribution in [0.5, 0.6) is 0 Å². The first kappa shape index (κ1) is 18.2. The number of amides is 1. The van der Waals surface area contributed by atoms with Crippen molar-refractivity contribution >= 4 is 23.1 Å². The molecule has 1 N–H and O–H groups in total. The van der Waals surface area contributed by atoms with Gasteiger partial charge in [0.2, 0.25) is 5.76 Å². The van der Waals surface area contributed by atoms with E-state index in [1.54, 1.807) is 13.8 Å². The van der Waals surface area contributed by atoms with E-state index in [4.69, 9.17) is 4.42 Å². The number of hydrogen-bond donors (Lipinski definition) is 1. The molecule has 0 unspecified atom stereocenters. The van der Waals surface area contributed by atoms with Gasteiger partial charge in [0.1, 0.15) is 18.2 Å². The number of aromatic nitrogens is 5. The SMILES string of the molecule is Cc1nc(C)c(C(=O)Nc2ccc(F)c(-c3nc4ncc([N+](=O)[O-])cn4n3)c2)o1. The van der Waals surface area contributed by atoms with Crippen molar-refractivity contribution in [2.75, 3.05) is 5.32 Å². The van der Waals surface area contributed by atoms with E-state index in [2.05, 4.69) is 25.4 Å². The van der Waals surface area contributed by atoms with Crippen LogP contribution >= 0.6 is 0 Å². The monoisotopic (exact) mass is 397 g/mol. The molecule has 0 radical (unpaired) electrons. The minimum Gasteiger partial charge on any atom is -0.436 e. The number of halogens is 1. The van der Waals surface area contributed by atoms with Crippen molar-refractivity contribution in [1.82, 2.24) is 24.6 Å². The van der Waals surface area contributed by atoms with E-state index < -0.39 is 16.6 Å². The zero-order valence-corrected chi connectivity index (χ0v) is 15.1. The van der Waals surface area contributed by atoms with E-state index in [1.165, 1.54) is 12.1 Å². The highest BCUT2D eigenvalue weighted by molar-refractivity contribution is 6.03. The summed E-state index contributed by atoms with van der Waals surface area (Å²) >= 11 is 0. The van der Waals surface area contributed by atoms with Gasteiger partial charge in [0.05, 0.1) is 16.2 Å². The van der Waals surface area contributed by atoms with E-state index in [0.29, 0.717) is 11.6 Å². The van der Waals surface area contributed by atoms with Crippen molar-refractivity contribution in [3.8, 4) is 11.4 Å². The van der Waals surface area contributed by atoms with Crippen molar-refractivity contribution in [3.05, 3.63) is 63.9 Å². The number of aryl methyl sites for hydroxylation is 2. The summed E-state index contributed by atoms with van der Waals surface area (Å²) in [6.07, 6.45) is 2.15. The van der Waals surface area contributed by atoms with Gasteiger partial charge < -0.3 is 9.73 Å². The number of oxazole rings is 1. The van der Waals surface area contributed by atoms with Crippen molar-refractivity contribution in [1.29, 1.82) is 0 Å². The summed E-state index contributed by atoms with van der Waals surface area (Å²) in [4.78, 5) is 34.6. The lowest BCUT2D eigenvalue weighted by Gasteiger charge is -2.06. The van der Waals surface area contributed by atoms with E-state index in [0.717, 1.165) is 23.0 Å². The molecule has 11 nitrogen and oxygen atoms in total. The number of nitrogens with one attached hydrogen (secondary N) is 1. The second-order valence-electron chi connectivity index (χ2n) is 6.05.